The molecule has 0 N–H and O–H groups in total. The van der Waals surface area contributed by atoms with Gasteiger partial charge >= 0.3 is 11.9 Å². The predicted octanol–water partition coefficient (Wildman–Crippen LogP) is 3.15. The van der Waals surface area contributed by atoms with Gasteiger partial charge in [-0.05, 0) is 24.6 Å². The average Bonchev–Trinajstić information content (AvgIpc) is 2.58. The molecule has 114 valence electrons. The molecule has 0 aliphatic heterocycles. The highest BCUT2D eigenvalue weighted by Gasteiger charge is 2.19. The minimum atomic E-state index is -0.728. The van der Waals surface area contributed by atoms with Gasteiger partial charge < -0.3 is 4.74 Å². The van der Waals surface area contributed by atoms with Crippen molar-refractivity contribution in [1.29, 1.82) is 0 Å². The number of hydrogen-bond acceptors (Lipinski definition) is 5. The van der Waals surface area contributed by atoms with Gasteiger partial charge in [0.1, 0.15) is 6.61 Å². The predicted molar refractivity (Wildman–Crippen MR) is 79.0 cm³/mol. The Hall–Kier alpha value is -2.66. The standard InChI is InChI=1S/C17H16O5/c1-2-21-22-17(19)15-11-7-6-10-14(15)16(18)20-12-13-8-4-3-5-9-13/h3-11H,2,12H2,1H3. The number of esters is 1. The molecule has 0 saturated heterocycles. The number of carbonyl (C=O) groups excluding carboxylic acids is 2. The summed E-state index contributed by atoms with van der Waals surface area (Å²) in [5.41, 5.74) is 1.11. The maximum atomic E-state index is 12.1. The van der Waals surface area contributed by atoms with Gasteiger partial charge in [0.15, 0.2) is 0 Å². The fourth-order valence-electron chi connectivity index (χ4n) is 1.80. The average molecular weight is 300 g/mol. The molecule has 5 nitrogen and oxygen atoms in total. The number of rotatable bonds is 6. The fraction of sp³-hybridized carbons (Fsp3) is 0.176. The molecule has 0 radical (unpaired) electrons. The van der Waals surface area contributed by atoms with Gasteiger partial charge in [-0.2, -0.15) is 4.89 Å². The van der Waals surface area contributed by atoms with Gasteiger partial charge in [-0.15, -0.1) is 0 Å². The van der Waals surface area contributed by atoms with Crippen LogP contribution in [0.5, 0.6) is 0 Å². The van der Waals surface area contributed by atoms with E-state index < -0.39 is 11.9 Å². The van der Waals surface area contributed by atoms with Gasteiger partial charge in [-0.1, -0.05) is 42.5 Å². The molecule has 2 aromatic carbocycles. The molecular formula is C17H16O5. The normalized spacial score (nSPS) is 10.0. The third-order valence-corrected chi connectivity index (χ3v) is 2.83. The number of ether oxygens (including phenoxy) is 1. The van der Waals surface area contributed by atoms with Gasteiger partial charge in [0.25, 0.3) is 0 Å². The summed E-state index contributed by atoms with van der Waals surface area (Å²) in [6.07, 6.45) is 0. The Morgan fingerprint density at radius 1 is 0.864 bits per heavy atom. The summed E-state index contributed by atoms with van der Waals surface area (Å²) in [6.45, 7) is 2.05. The first-order chi connectivity index (χ1) is 10.7. The van der Waals surface area contributed by atoms with E-state index in [1.165, 1.54) is 12.1 Å². The highest BCUT2D eigenvalue weighted by molar-refractivity contribution is 6.02. The summed E-state index contributed by atoms with van der Waals surface area (Å²) in [6, 6.07) is 15.6. The van der Waals surface area contributed by atoms with Crippen LogP contribution in [0.1, 0.15) is 33.2 Å². The SMILES string of the molecule is CCOOC(=O)c1ccccc1C(=O)OCc1ccccc1. The van der Waals surface area contributed by atoms with E-state index in [-0.39, 0.29) is 24.3 Å². The summed E-state index contributed by atoms with van der Waals surface area (Å²) < 4.78 is 5.22. The van der Waals surface area contributed by atoms with E-state index in [9.17, 15) is 9.59 Å². The Bertz CT molecular complexity index is 637. The molecule has 0 amide bonds. The van der Waals surface area contributed by atoms with Crippen LogP contribution in [0.15, 0.2) is 54.6 Å². The van der Waals surface area contributed by atoms with Crippen molar-refractivity contribution in [3.8, 4) is 0 Å². The molecule has 5 heteroatoms. The summed E-state index contributed by atoms with van der Waals surface area (Å²) in [4.78, 5) is 33.2. The van der Waals surface area contributed by atoms with Crippen molar-refractivity contribution < 1.29 is 24.1 Å². The van der Waals surface area contributed by atoms with Crippen molar-refractivity contribution in [2.75, 3.05) is 6.61 Å². The molecule has 22 heavy (non-hydrogen) atoms. The highest BCUT2D eigenvalue weighted by Crippen LogP contribution is 2.13. The second-order valence-corrected chi connectivity index (χ2v) is 4.38. The lowest BCUT2D eigenvalue weighted by Crippen LogP contribution is -2.14. The van der Waals surface area contributed by atoms with Crippen molar-refractivity contribution in [2.45, 2.75) is 13.5 Å². The Kier molecular flexibility index (Phi) is 5.68. The molecule has 0 aliphatic carbocycles. The van der Waals surface area contributed by atoms with Crippen LogP contribution < -0.4 is 0 Å². The molecule has 0 unspecified atom stereocenters. The van der Waals surface area contributed by atoms with E-state index in [2.05, 4.69) is 9.78 Å². The minimum absolute atomic E-state index is 0.106. The van der Waals surface area contributed by atoms with Crippen molar-refractivity contribution in [1.82, 2.24) is 0 Å². The Morgan fingerprint density at radius 2 is 1.45 bits per heavy atom. The van der Waals surface area contributed by atoms with E-state index in [1.807, 2.05) is 30.3 Å². The second-order valence-electron chi connectivity index (χ2n) is 4.38. The van der Waals surface area contributed by atoms with E-state index >= 15 is 0 Å². The first-order valence-electron chi connectivity index (χ1n) is 6.86. The lowest BCUT2D eigenvalue weighted by Gasteiger charge is -2.08. The molecule has 0 heterocycles. The summed E-state index contributed by atoms with van der Waals surface area (Å²) in [7, 11) is 0. The van der Waals surface area contributed by atoms with E-state index in [0.717, 1.165) is 5.56 Å². The highest BCUT2D eigenvalue weighted by atomic mass is 17.2. The maximum Gasteiger partial charge on any atom is 0.373 e. The molecule has 0 spiro atoms. The fourth-order valence-corrected chi connectivity index (χ4v) is 1.80. The molecule has 0 bridgehead atoms. The minimum Gasteiger partial charge on any atom is -0.457 e. The van der Waals surface area contributed by atoms with E-state index in [1.54, 1.807) is 19.1 Å². The van der Waals surface area contributed by atoms with Gasteiger partial charge in [-0.25, -0.2) is 9.59 Å². The van der Waals surface area contributed by atoms with Crippen LogP contribution in [-0.2, 0) is 21.1 Å². The zero-order chi connectivity index (χ0) is 15.8. The van der Waals surface area contributed by atoms with Crippen LogP contribution >= 0.6 is 0 Å². The molecule has 2 rings (SSSR count). The van der Waals surface area contributed by atoms with Crippen LogP contribution in [0.2, 0.25) is 0 Å². The van der Waals surface area contributed by atoms with Crippen molar-refractivity contribution in [3.05, 3.63) is 71.3 Å². The van der Waals surface area contributed by atoms with Crippen LogP contribution in [0.3, 0.4) is 0 Å². The summed E-state index contributed by atoms with van der Waals surface area (Å²) in [5, 5.41) is 0. The first-order valence-corrected chi connectivity index (χ1v) is 6.86. The molecule has 2 aromatic rings. The number of hydrogen-bond donors (Lipinski definition) is 0. The summed E-state index contributed by atoms with van der Waals surface area (Å²) in [5.74, 6) is -1.32. The van der Waals surface area contributed by atoms with E-state index in [0.29, 0.717) is 0 Å². The second kappa shape index (κ2) is 7.95. The third kappa shape index (κ3) is 4.17. The van der Waals surface area contributed by atoms with Gasteiger partial charge in [0.2, 0.25) is 0 Å². The van der Waals surface area contributed by atoms with Crippen LogP contribution in [0.4, 0.5) is 0 Å². The molecule has 0 aromatic heterocycles. The maximum absolute atomic E-state index is 12.1. The van der Waals surface area contributed by atoms with Gasteiger partial charge in [0, 0.05) is 0 Å². The van der Waals surface area contributed by atoms with Gasteiger partial charge in [0.05, 0.1) is 17.7 Å². The third-order valence-electron chi connectivity index (χ3n) is 2.83. The molecule has 0 atom stereocenters. The van der Waals surface area contributed by atoms with Crippen LogP contribution in [-0.4, -0.2) is 18.5 Å². The number of benzene rings is 2. The Labute approximate surface area is 128 Å². The van der Waals surface area contributed by atoms with Crippen molar-refractivity contribution >= 4 is 11.9 Å². The Balaban J connectivity index is 2.07. The Morgan fingerprint density at radius 3 is 2.09 bits per heavy atom. The first kappa shape index (κ1) is 15.7. The van der Waals surface area contributed by atoms with Crippen LogP contribution in [0, 0.1) is 0 Å². The molecule has 0 saturated carbocycles. The molecule has 0 fully saturated rings. The topological polar surface area (TPSA) is 61.8 Å². The quantitative estimate of drug-likeness (QED) is 0.466. The smallest absolute Gasteiger partial charge is 0.373 e. The van der Waals surface area contributed by atoms with Crippen molar-refractivity contribution in [2.24, 2.45) is 0 Å². The van der Waals surface area contributed by atoms with Crippen LogP contribution in [0.25, 0.3) is 0 Å². The zero-order valence-electron chi connectivity index (χ0n) is 12.2. The van der Waals surface area contributed by atoms with Gasteiger partial charge in [-0.3, -0.25) is 4.89 Å². The number of carbonyl (C=O) groups is 2. The van der Waals surface area contributed by atoms with E-state index in [4.69, 9.17) is 4.74 Å². The monoisotopic (exact) mass is 300 g/mol. The molecule has 0 aliphatic rings. The lowest BCUT2D eigenvalue weighted by atomic mass is 10.1. The van der Waals surface area contributed by atoms with Crippen molar-refractivity contribution in [3.63, 3.8) is 0 Å². The summed E-state index contributed by atoms with van der Waals surface area (Å²) >= 11 is 0. The lowest BCUT2D eigenvalue weighted by molar-refractivity contribution is -0.236. The largest absolute Gasteiger partial charge is 0.457 e. The molecular weight excluding hydrogens is 284 g/mol. The zero-order valence-corrected chi connectivity index (χ0v) is 12.2.